The number of pyridine rings is 1. The highest BCUT2D eigenvalue weighted by atomic mass is 19.4. The number of hydrogen-bond acceptors (Lipinski definition) is 7. The third-order valence-electron chi connectivity index (χ3n) is 6.76. The number of nitrogens with one attached hydrogen (secondary N) is 1. The Hall–Kier alpha value is -4.56. The Morgan fingerprint density at radius 2 is 1.77 bits per heavy atom. The SMILES string of the molecule is COC#Cc1cc2cnc(Nc3ccc(N4CCN(C)CC4)cc3)nc2n(Cc2ccccc2C(F)(F)F)c1=O. The number of piperazine rings is 1. The zero-order valence-electron chi connectivity index (χ0n) is 22.0. The lowest BCUT2D eigenvalue weighted by Crippen LogP contribution is -2.44. The number of fused-ring (bicyclic) bond motifs is 1. The second-order valence-electron chi connectivity index (χ2n) is 9.47. The predicted octanol–water partition coefficient (Wildman–Crippen LogP) is 4.31. The second-order valence-corrected chi connectivity index (χ2v) is 9.47. The first-order valence-electron chi connectivity index (χ1n) is 12.6. The van der Waals surface area contributed by atoms with Gasteiger partial charge in [-0.3, -0.25) is 9.36 Å². The number of nitrogens with zero attached hydrogens (tertiary/aromatic N) is 5. The zero-order chi connectivity index (χ0) is 28.3. The van der Waals surface area contributed by atoms with Gasteiger partial charge in [0.25, 0.3) is 5.56 Å². The number of alkyl halides is 3. The van der Waals surface area contributed by atoms with Gasteiger partial charge in [-0.05, 0) is 54.9 Å². The Kier molecular flexibility index (Phi) is 7.62. The van der Waals surface area contributed by atoms with Gasteiger partial charge >= 0.3 is 6.18 Å². The fourth-order valence-corrected chi connectivity index (χ4v) is 4.62. The van der Waals surface area contributed by atoms with Crippen molar-refractivity contribution >= 4 is 28.4 Å². The van der Waals surface area contributed by atoms with Gasteiger partial charge in [-0.25, -0.2) is 4.98 Å². The maximum Gasteiger partial charge on any atom is 0.416 e. The molecule has 0 spiro atoms. The summed E-state index contributed by atoms with van der Waals surface area (Å²) in [7, 11) is 3.46. The molecule has 2 aromatic heterocycles. The molecule has 0 radical (unpaired) electrons. The molecule has 5 rings (SSSR count). The molecule has 2 aromatic carbocycles. The predicted molar refractivity (Wildman–Crippen MR) is 148 cm³/mol. The Bertz CT molecular complexity index is 1630. The topological polar surface area (TPSA) is 75.5 Å². The van der Waals surface area contributed by atoms with Crippen molar-refractivity contribution < 1.29 is 17.9 Å². The van der Waals surface area contributed by atoms with Crippen molar-refractivity contribution in [2.24, 2.45) is 0 Å². The van der Waals surface area contributed by atoms with Gasteiger partial charge in [0.2, 0.25) is 5.95 Å². The first-order chi connectivity index (χ1) is 19.2. The van der Waals surface area contributed by atoms with Crippen molar-refractivity contribution in [1.82, 2.24) is 19.4 Å². The molecule has 1 aliphatic heterocycles. The molecule has 0 amide bonds. The van der Waals surface area contributed by atoms with Crippen molar-refractivity contribution in [3.8, 4) is 12.0 Å². The van der Waals surface area contributed by atoms with Crippen LogP contribution in [-0.2, 0) is 17.5 Å². The van der Waals surface area contributed by atoms with Crippen LogP contribution in [0.3, 0.4) is 0 Å². The van der Waals surface area contributed by atoms with Crippen LogP contribution in [0.5, 0.6) is 0 Å². The summed E-state index contributed by atoms with van der Waals surface area (Å²) in [5.41, 5.74) is 0.601. The standard InChI is InChI=1S/C29H27F3N6O2/c1-36-12-14-37(15-13-36)24-9-7-23(8-10-24)34-28-33-18-22-17-20(11-16-40-2)27(39)38(26(22)35-28)19-21-5-3-4-6-25(21)29(30,31)32/h3-10,17-18H,12-15,19H2,1-2H3,(H,33,34,35). The molecule has 11 heteroatoms. The summed E-state index contributed by atoms with van der Waals surface area (Å²) in [6, 6.07) is 14.5. The van der Waals surface area contributed by atoms with Gasteiger partial charge in [0, 0.05) is 49.1 Å². The van der Waals surface area contributed by atoms with Crippen molar-refractivity contribution in [3.63, 3.8) is 0 Å². The van der Waals surface area contributed by atoms with Crippen molar-refractivity contribution in [2.75, 3.05) is 50.6 Å². The fourth-order valence-electron chi connectivity index (χ4n) is 4.62. The summed E-state index contributed by atoms with van der Waals surface area (Å²) in [6.07, 6.45) is -0.706. The summed E-state index contributed by atoms with van der Waals surface area (Å²) < 4.78 is 47.1. The largest absolute Gasteiger partial charge is 0.450 e. The summed E-state index contributed by atoms with van der Waals surface area (Å²) in [4.78, 5) is 26.9. The highest BCUT2D eigenvalue weighted by Gasteiger charge is 2.33. The fraction of sp³-hybridized carbons (Fsp3) is 0.276. The molecule has 0 bridgehead atoms. The minimum atomic E-state index is -4.58. The van der Waals surface area contributed by atoms with Crippen LogP contribution in [0.1, 0.15) is 16.7 Å². The monoisotopic (exact) mass is 548 g/mol. The first kappa shape index (κ1) is 27.0. The van der Waals surface area contributed by atoms with E-state index < -0.39 is 17.3 Å². The van der Waals surface area contributed by atoms with E-state index in [4.69, 9.17) is 4.74 Å². The van der Waals surface area contributed by atoms with E-state index in [0.29, 0.717) is 5.39 Å². The Balaban J connectivity index is 1.50. The number of rotatable bonds is 5. The van der Waals surface area contributed by atoms with E-state index in [1.165, 1.54) is 42.1 Å². The van der Waals surface area contributed by atoms with Gasteiger partial charge in [-0.15, -0.1) is 0 Å². The van der Waals surface area contributed by atoms with Crippen LogP contribution in [0.15, 0.2) is 65.6 Å². The van der Waals surface area contributed by atoms with Crippen LogP contribution < -0.4 is 15.8 Å². The molecule has 0 unspecified atom stereocenters. The minimum absolute atomic E-state index is 0.0580. The molecular formula is C29H27F3N6O2. The van der Waals surface area contributed by atoms with Gasteiger partial charge in [-0.1, -0.05) is 18.2 Å². The van der Waals surface area contributed by atoms with E-state index >= 15 is 0 Å². The van der Waals surface area contributed by atoms with Crippen LogP contribution in [0.2, 0.25) is 0 Å². The number of likely N-dealkylation sites (N-methyl/N-ethyl adjacent to an activating group) is 1. The lowest BCUT2D eigenvalue weighted by molar-refractivity contribution is -0.138. The average Bonchev–Trinajstić information content (AvgIpc) is 2.94. The van der Waals surface area contributed by atoms with Crippen LogP contribution in [0.4, 0.5) is 30.5 Å². The maximum atomic E-state index is 13.7. The average molecular weight is 549 g/mol. The Morgan fingerprint density at radius 3 is 2.48 bits per heavy atom. The molecule has 0 saturated carbocycles. The lowest BCUT2D eigenvalue weighted by atomic mass is 10.1. The van der Waals surface area contributed by atoms with Gasteiger partial charge in [0.05, 0.1) is 24.8 Å². The van der Waals surface area contributed by atoms with Crippen LogP contribution in [-0.4, -0.2) is 59.8 Å². The summed E-state index contributed by atoms with van der Waals surface area (Å²) in [6.45, 7) is 3.53. The van der Waals surface area contributed by atoms with Gasteiger partial charge in [0.15, 0.2) is 0 Å². The number of ether oxygens (including phenoxy) is 1. The normalized spacial score (nSPS) is 14.1. The lowest BCUT2D eigenvalue weighted by Gasteiger charge is -2.34. The summed E-state index contributed by atoms with van der Waals surface area (Å²) in [5.74, 6) is 2.81. The molecule has 8 nitrogen and oxygen atoms in total. The van der Waals surface area contributed by atoms with Crippen molar-refractivity contribution in [2.45, 2.75) is 12.7 Å². The number of halogens is 3. The number of anilines is 3. The van der Waals surface area contributed by atoms with Crippen LogP contribution >= 0.6 is 0 Å². The highest BCUT2D eigenvalue weighted by Crippen LogP contribution is 2.32. The summed E-state index contributed by atoms with van der Waals surface area (Å²) in [5, 5.41) is 3.58. The third-order valence-corrected chi connectivity index (χ3v) is 6.76. The molecule has 0 atom stereocenters. The molecule has 4 aromatic rings. The van der Waals surface area contributed by atoms with Crippen LogP contribution in [0.25, 0.3) is 11.0 Å². The van der Waals surface area contributed by atoms with Crippen LogP contribution in [0, 0.1) is 12.0 Å². The van der Waals surface area contributed by atoms with E-state index in [1.54, 1.807) is 0 Å². The Morgan fingerprint density at radius 1 is 1.05 bits per heavy atom. The van der Waals surface area contributed by atoms with E-state index in [-0.39, 0.29) is 29.3 Å². The Labute approximate surface area is 229 Å². The number of hydrogen-bond donors (Lipinski definition) is 1. The van der Waals surface area contributed by atoms with E-state index in [9.17, 15) is 18.0 Å². The van der Waals surface area contributed by atoms with Gasteiger partial charge in [0.1, 0.15) is 11.8 Å². The molecular weight excluding hydrogens is 521 g/mol. The molecule has 0 aliphatic carbocycles. The van der Waals surface area contributed by atoms with Gasteiger partial charge in [-0.2, -0.15) is 18.2 Å². The van der Waals surface area contributed by atoms with Gasteiger partial charge < -0.3 is 19.9 Å². The molecule has 1 aliphatic rings. The second kappa shape index (κ2) is 11.3. The number of benzene rings is 2. The molecule has 1 N–H and O–H groups in total. The van der Waals surface area contributed by atoms with Crippen molar-refractivity contribution in [1.29, 1.82) is 0 Å². The molecule has 1 saturated heterocycles. The smallest absolute Gasteiger partial charge is 0.416 e. The zero-order valence-corrected chi connectivity index (χ0v) is 22.0. The highest BCUT2D eigenvalue weighted by molar-refractivity contribution is 5.77. The number of aromatic nitrogens is 3. The molecule has 1 fully saturated rings. The minimum Gasteiger partial charge on any atom is -0.450 e. The van der Waals surface area contributed by atoms with E-state index in [2.05, 4.69) is 44.2 Å². The van der Waals surface area contributed by atoms with Crippen molar-refractivity contribution in [3.05, 3.63) is 87.8 Å². The molecule has 40 heavy (non-hydrogen) atoms. The quantitative estimate of drug-likeness (QED) is 0.373. The maximum absolute atomic E-state index is 13.7. The summed E-state index contributed by atoms with van der Waals surface area (Å²) >= 11 is 0. The molecule has 206 valence electrons. The molecule has 3 heterocycles. The van der Waals surface area contributed by atoms with E-state index in [1.807, 2.05) is 24.3 Å². The first-order valence-corrected chi connectivity index (χ1v) is 12.6. The van der Waals surface area contributed by atoms with E-state index in [0.717, 1.165) is 43.6 Å². The number of methoxy groups -OCH3 is 1. The third kappa shape index (κ3) is 5.87.